The van der Waals surface area contributed by atoms with Gasteiger partial charge in [0.15, 0.2) is 0 Å². The number of aromatic amines is 1. The summed E-state index contributed by atoms with van der Waals surface area (Å²) in [7, 11) is 1.76. The summed E-state index contributed by atoms with van der Waals surface area (Å²) in [6.07, 6.45) is -1.00. The molecule has 1 N–H and O–H groups in total. The fourth-order valence-corrected chi connectivity index (χ4v) is 1.78. The zero-order valence-corrected chi connectivity index (χ0v) is 11.3. The fourth-order valence-electron chi connectivity index (χ4n) is 1.56. The Bertz CT molecular complexity index is 650. The summed E-state index contributed by atoms with van der Waals surface area (Å²) >= 11 is 4.98. The Morgan fingerprint density at radius 1 is 1.45 bits per heavy atom. The van der Waals surface area contributed by atoms with Crippen molar-refractivity contribution < 1.29 is 17.9 Å². The van der Waals surface area contributed by atoms with Crippen LogP contribution in [0.4, 0.5) is 13.2 Å². The van der Waals surface area contributed by atoms with Gasteiger partial charge in [-0.15, -0.1) is 0 Å². The second kappa shape index (κ2) is 5.71. The molecule has 0 unspecified atom stereocenters. The molecule has 2 aromatic rings. The van der Waals surface area contributed by atoms with Crippen LogP contribution in [0.15, 0.2) is 18.5 Å². The molecule has 0 saturated carbocycles. The third-order valence-corrected chi connectivity index (χ3v) is 2.52. The number of halogens is 3. The van der Waals surface area contributed by atoms with Crippen molar-refractivity contribution in [2.75, 3.05) is 6.61 Å². The van der Waals surface area contributed by atoms with Crippen molar-refractivity contribution in [1.82, 2.24) is 19.7 Å². The average molecular weight is 304 g/mol. The number of aromatic nitrogens is 4. The highest BCUT2D eigenvalue weighted by Gasteiger charge is 2.27. The minimum Gasteiger partial charge on any atom is -0.364 e. The standard InChI is InChI=1S/C11H11F3N4OS/c1-18-4-7(3-15-18)8-2-10(20)17-9(16-8)5-19-6-11(12,13)14/h2-4H,5-6H2,1H3,(H,16,17,20). The lowest BCUT2D eigenvalue weighted by molar-refractivity contribution is -0.177. The summed E-state index contributed by atoms with van der Waals surface area (Å²) in [5.74, 6) is 0.237. The van der Waals surface area contributed by atoms with Crippen molar-refractivity contribution in [3.63, 3.8) is 0 Å². The number of alkyl halides is 3. The maximum absolute atomic E-state index is 12.0. The smallest absolute Gasteiger partial charge is 0.364 e. The fraction of sp³-hybridized carbons (Fsp3) is 0.364. The van der Waals surface area contributed by atoms with E-state index in [0.29, 0.717) is 5.69 Å². The SMILES string of the molecule is Cn1cc(-c2cc(=S)nc(COCC(F)(F)F)[nH]2)cn1. The van der Waals surface area contributed by atoms with Gasteiger partial charge in [-0.2, -0.15) is 18.3 Å². The Kier molecular flexibility index (Phi) is 4.19. The van der Waals surface area contributed by atoms with Crippen molar-refractivity contribution in [2.45, 2.75) is 12.8 Å². The number of H-pyrrole nitrogens is 1. The number of nitrogens with one attached hydrogen (secondary N) is 1. The Balaban J connectivity index is 2.15. The first-order chi connectivity index (χ1) is 9.33. The predicted molar refractivity (Wildman–Crippen MR) is 67.3 cm³/mol. The number of aryl methyl sites for hydroxylation is 1. The van der Waals surface area contributed by atoms with E-state index < -0.39 is 12.8 Å². The number of ether oxygens (including phenoxy) is 1. The molecule has 0 aromatic carbocycles. The van der Waals surface area contributed by atoms with Gasteiger partial charge in [-0.25, -0.2) is 4.98 Å². The van der Waals surface area contributed by atoms with E-state index in [1.54, 1.807) is 30.2 Å². The summed E-state index contributed by atoms with van der Waals surface area (Å²) in [6, 6.07) is 1.61. The molecular weight excluding hydrogens is 293 g/mol. The van der Waals surface area contributed by atoms with Gasteiger partial charge in [-0.05, 0) is 6.07 Å². The van der Waals surface area contributed by atoms with Crippen molar-refractivity contribution in [3.05, 3.63) is 28.9 Å². The molecule has 0 aliphatic heterocycles. The molecule has 0 amide bonds. The molecule has 9 heteroatoms. The molecule has 0 fully saturated rings. The van der Waals surface area contributed by atoms with Gasteiger partial charge in [0.05, 0.1) is 11.9 Å². The van der Waals surface area contributed by atoms with Gasteiger partial charge in [0.25, 0.3) is 0 Å². The van der Waals surface area contributed by atoms with Crippen LogP contribution in [0.25, 0.3) is 11.3 Å². The second-order valence-electron chi connectivity index (χ2n) is 4.09. The summed E-state index contributed by atoms with van der Waals surface area (Å²) in [5, 5.41) is 4.01. The van der Waals surface area contributed by atoms with Gasteiger partial charge in [-0.3, -0.25) is 4.68 Å². The van der Waals surface area contributed by atoms with E-state index in [4.69, 9.17) is 12.2 Å². The van der Waals surface area contributed by atoms with Crippen LogP contribution in [0.2, 0.25) is 0 Å². The van der Waals surface area contributed by atoms with Gasteiger partial charge in [0, 0.05) is 18.8 Å². The molecule has 5 nitrogen and oxygen atoms in total. The molecule has 0 bridgehead atoms. The lowest BCUT2D eigenvalue weighted by Crippen LogP contribution is -2.17. The maximum Gasteiger partial charge on any atom is 0.411 e. The molecule has 0 radical (unpaired) electrons. The largest absolute Gasteiger partial charge is 0.411 e. The molecule has 0 spiro atoms. The Morgan fingerprint density at radius 2 is 2.20 bits per heavy atom. The minimum absolute atomic E-state index is 0.237. The summed E-state index contributed by atoms with van der Waals surface area (Å²) in [5.41, 5.74) is 1.39. The molecule has 0 aliphatic rings. The highest BCUT2D eigenvalue weighted by Crippen LogP contribution is 2.17. The van der Waals surface area contributed by atoms with E-state index in [2.05, 4.69) is 19.8 Å². The Labute approximate surface area is 117 Å². The van der Waals surface area contributed by atoms with E-state index in [1.165, 1.54) is 0 Å². The number of nitrogens with zero attached hydrogens (tertiary/aromatic N) is 3. The van der Waals surface area contributed by atoms with E-state index in [1.807, 2.05) is 0 Å². The quantitative estimate of drug-likeness (QED) is 0.882. The van der Waals surface area contributed by atoms with Crippen LogP contribution in [-0.4, -0.2) is 32.5 Å². The second-order valence-corrected chi connectivity index (χ2v) is 4.51. The minimum atomic E-state index is -4.36. The molecule has 2 rings (SSSR count). The van der Waals surface area contributed by atoms with Crippen LogP contribution in [0, 0.1) is 4.64 Å². The first-order valence-corrected chi connectivity index (χ1v) is 5.98. The lowest BCUT2D eigenvalue weighted by atomic mass is 10.2. The van der Waals surface area contributed by atoms with Crippen LogP contribution in [-0.2, 0) is 18.4 Å². The van der Waals surface area contributed by atoms with Crippen molar-refractivity contribution in [2.24, 2.45) is 7.05 Å². The normalized spacial score (nSPS) is 11.8. The molecule has 0 aliphatic carbocycles. The third kappa shape index (κ3) is 4.14. The molecule has 20 heavy (non-hydrogen) atoms. The summed E-state index contributed by atoms with van der Waals surface area (Å²) in [4.78, 5) is 6.80. The molecule has 0 saturated heterocycles. The van der Waals surface area contributed by atoms with Crippen molar-refractivity contribution in [1.29, 1.82) is 0 Å². The van der Waals surface area contributed by atoms with Gasteiger partial charge < -0.3 is 9.72 Å². The van der Waals surface area contributed by atoms with Crippen LogP contribution in [0.5, 0.6) is 0 Å². The predicted octanol–water partition coefficient (Wildman–Crippen LogP) is 2.62. The van der Waals surface area contributed by atoms with Crippen molar-refractivity contribution in [3.8, 4) is 11.3 Å². The van der Waals surface area contributed by atoms with E-state index in [0.717, 1.165) is 5.56 Å². The lowest BCUT2D eigenvalue weighted by Gasteiger charge is -2.08. The number of rotatable bonds is 4. The Morgan fingerprint density at radius 3 is 2.80 bits per heavy atom. The average Bonchev–Trinajstić information content (AvgIpc) is 2.73. The van der Waals surface area contributed by atoms with Crippen LogP contribution >= 0.6 is 12.2 Å². The van der Waals surface area contributed by atoms with Gasteiger partial charge in [-0.1, -0.05) is 12.2 Å². The van der Waals surface area contributed by atoms with Crippen LogP contribution < -0.4 is 0 Å². The topological polar surface area (TPSA) is 55.7 Å². The first-order valence-electron chi connectivity index (χ1n) is 5.57. The van der Waals surface area contributed by atoms with Crippen molar-refractivity contribution >= 4 is 12.2 Å². The third-order valence-electron chi connectivity index (χ3n) is 2.31. The van der Waals surface area contributed by atoms with Gasteiger partial charge in [0.1, 0.15) is 23.7 Å². The van der Waals surface area contributed by atoms with Gasteiger partial charge in [0.2, 0.25) is 0 Å². The molecule has 2 aromatic heterocycles. The van der Waals surface area contributed by atoms with Crippen LogP contribution in [0.1, 0.15) is 5.82 Å². The Hall–Kier alpha value is -1.74. The van der Waals surface area contributed by atoms with E-state index >= 15 is 0 Å². The molecule has 108 valence electrons. The first kappa shape index (κ1) is 14.7. The van der Waals surface area contributed by atoms with Gasteiger partial charge >= 0.3 is 6.18 Å². The van der Waals surface area contributed by atoms with E-state index in [-0.39, 0.29) is 17.1 Å². The zero-order valence-electron chi connectivity index (χ0n) is 10.4. The zero-order chi connectivity index (χ0) is 14.8. The number of hydrogen-bond donors (Lipinski definition) is 1. The molecular formula is C11H11F3N4OS. The molecule has 2 heterocycles. The highest BCUT2D eigenvalue weighted by atomic mass is 32.1. The monoisotopic (exact) mass is 304 g/mol. The summed E-state index contributed by atoms with van der Waals surface area (Å²) < 4.78 is 42.4. The van der Waals surface area contributed by atoms with Crippen LogP contribution in [0.3, 0.4) is 0 Å². The molecule has 0 atom stereocenters. The summed E-state index contributed by atoms with van der Waals surface area (Å²) in [6.45, 7) is -1.62. The highest BCUT2D eigenvalue weighted by molar-refractivity contribution is 7.71. The number of hydrogen-bond acceptors (Lipinski definition) is 4. The van der Waals surface area contributed by atoms with E-state index in [9.17, 15) is 13.2 Å². The maximum atomic E-state index is 12.0.